The monoisotopic (exact) mass is 239 g/mol. The van der Waals surface area contributed by atoms with E-state index in [1.807, 2.05) is 6.92 Å². The van der Waals surface area contributed by atoms with Crippen molar-refractivity contribution in [2.45, 2.75) is 23.9 Å². The van der Waals surface area contributed by atoms with E-state index in [2.05, 4.69) is 9.97 Å². The van der Waals surface area contributed by atoms with E-state index in [-0.39, 0.29) is 11.5 Å². The van der Waals surface area contributed by atoms with Crippen molar-refractivity contribution in [1.29, 1.82) is 0 Å². The van der Waals surface area contributed by atoms with Crippen LogP contribution in [0.15, 0.2) is 23.6 Å². The first-order chi connectivity index (χ1) is 7.75. The zero-order chi connectivity index (χ0) is 11.4. The van der Waals surface area contributed by atoms with Crippen LogP contribution < -0.4 is 0 Å². The average Bonchev–Trinajstić information content (AvgIpc) is 2.15. The smallest absolute Gasteiger partial charge is 0.410 e. The van der Waals surface area contributed by atoms with Gasteiger partial charge in [-0.25, -0.2) is 14.8 Å². The fraction of sp³-hybridized carbons (Fsp3) is 0.500. The van der Waals surface area contributed by atoms with Gasteiger partial charge >= 0.3 is 6.09 Å². The van der Waals surface area contributed by atoms with Crippen LogP contribution in [0.2, 0.25) is 0 Å². The number of thioether (sulfide) groups is 1. The van der Waals surface area contributed by atoms with Gasteiger partial charge in [-0.1, -0.05) is 0 Å². The average molecular weight is 239 g/mol. The van der Waals surface area contributed by atoms with Crippen LogP contribution >= 0.6 is 11.8 Å². The first-order valence-electron chi connectivity index (χ1n) is 5.15. The third-order valence-corrected chi connectivity index (χ3v) is 3.04. The molecule has 1 aromatic heterocycles. The number of rotatable bonds is 3. The SMILES string of the molecule is C[C@H](OC(=O)N1CCC1)Sc1ncccn1. The summed E-state index contributed by atoms with van der Waals surface area (Å²) >= 11 is 1.33. The van der Waals surface area contributed by atoms with Gasteiger partial charge in [0.15, 0.2) is 10.6 Å². The summed E-state index contributed by atoms with van der Waals surface area (Å²) in [6.07, 6.45) is 4.15. The summed E-state index contributed by atoms with van der Waals surface area (Å²) in [5.74, 6) is 0. The number of hydrogen-bond acceptors (Lipinski definition) is 5. The maximum absolute atomic E-state index is 11.5. The third-order valence-electron chi connectivity index (χ3n) is 2.19. The van der Waals surface area contributed by atoms with Crippen LogP contribution in [0.1, 0.15) is 13.3 Å². The number of likely N-dealkylation sites (tertiary alicyclic amines) is 1. The standard InChI is InChI=1S/C10H13N3O2S/c1-8(15-10(14)13-6-3-7-13)16-9-11-4-2-5-12-9/h2,4-5,8H,3,6-7H2,1H3/t8-/m1/s1. The summed E-state index contributed by atoms with van der Waals surface area (Å²) in [5.41, 5.74) is -0.268. The lowest BCUT2D eigenvalue weighted by Gasteiger charge is -2.30. The second kappa shape index (κ2) is 5.16. The zero-order valence-corrected chi connectivity index (χ0v) is 9.81. The highest BCUT2D eigenvalue weighted by Gasteiger charge is 2.23. The second-order valence-corrected chi connectivity index (χ2v) is 4.71. The van der Waals surface area contributed by atoms with Crippen molar-refractivity contribution in [3.8, 4) is 0 Å². The number of ether oxygens (including phenoxy) is 1. The van der Waals surface area contributed by atoms with Crippen molar-refractivity contribution in [3.05, 3.63) is 18.5 Å². The third kappa shape index (κ3) is 2.85. The highest BCUT2D eigenvalue weighted by molar-refractivity contribution is 7.99. The van der Waals surface area contributed by atoms with Crippen molar-refractivity contribution in [3.63, 3.8) is 0 Å². The molecule has 16 heavy (non-hydrogen) atoms. The lowest BCUT2D eigenvalue weighted by Crippen LogP contribution is -2.43. The molecule has 0 aliphatic carbocycles. The normalized spacial score (nSPS) is 16.4. The van der Waals surface area contributed by atoms with Crippen LogP contribution in [0, 0.1) is 0 Å². The van der Waals surface area contributed by atoms with E-state index in [4.69, 9.17) is 4.74 Å². The Morgan fingerprint density at radius 1 is 1.50 bits per heavy atom. The van der Waals surface area contributed by atoms with E-state index in [9.17, 15) is 4.79 Å². The molecule has 0 radical (unpaired) electrons. The van der Waals surface area contributed by atoms with Crippen LogP contribution in [0.25, 0.3) is 0 Å². The molecule has 0 N–H and O–H groups in total. The molecule has 86 valence electrons. The number of nitrogens with zero attached hydrogens (tertiary/aromatic N) is 3. The molecule has 1 fully saturated rings. The molecule has 0 aromatic carbocycles. The van der Waals surface area contributed by atoms with Gasteiger partial charge in [0.05, 0.1) is 0 Å². The minimum absolute atomic E-state index is 0.248. The van der Waals surface area contributed by atoms with Gasteiger partial charge in [-0.2, -0.15) is 0 Å². The van der Waals surface area contributed by atoms with Crippen molar-refractivity contribution >= 4 is 17.9 Å². The molecule has 1 amide bonds. The van der Waals surface area contributed by atoms with E-state index in [0.29, 0.717) is 5.16 Å². The molecule has 1 aliphatic heterocycles. The fourth-order valence-electron chi connectivity index (χ4n) is 1.23. The molecule has 1 atom stereocenters. The Balaban J connectivity index is 1.79. The molecule has 1 aromatic rings. The highest BCUT2D eigenvalue weighted by Crippen LogP contribution is 2.20. The molecule has 2 rings (SSSR count). The van der Waals surface area contributed by atoms with Crippen LogP contribution in [0.5, 0.6) is 0 Å². The molecule has 1 aliphatic rings. The molecule has 0 bridgehead atoms. The summed E-state index contributed by atoms with van der Waals surface area (Å²) in [6.45, 7) is 3.43. The first-order valence-corrected chi connectivity index (χ1v) is 6.03. The van der Waals surface area contributed by atoms with Crippen LogP contribution in [-0.2, 0) is 4.74 Å². The van der Waals surface area contributed by atoms with Gasteiger partial charge in [0.25, 0.3) is 0 Å². The van der Waals surface area contributed by atoms with E-state index in [1.54, 1.807) is 23.4 Å². The molecule has 0 saturated carbocycles. The van der Waals surface area contributed by atoms with Crippen LogP contribution in [-0.4, -0.2) is 39.5 Å². The topological polar surface area (TPSA) is 55.3 Å². The van der Waals surface area contributed by atoms with E-state index in [0.717, 1.165) is 19.5 Å². The van der Waals surface area contributed by atoms with E-state index < -0.39 is 0 Å². The number of carbonyl (C=O) groups excluding carboxylic acids is 1. The van der Waals surface area contributed by atoms with Crippen molar-refractivity contribution in [1.82, 2.24) is 14.9 Å². The molecule has 5 nitrogen and oxygen atoms in total. The molecule has 0 spiro atoms. The van der Waals surface area contributed by atoms with Gasteiger partial charge in [0.1, 0.15) is 0 Å². The molecule has 6 heteroatoms. The fourth-order valence-corrected chi connectivity index (χ4v) is 1.90. The quantitative estimate of drug-likeness (QED) is 0.457. The van der Waals surface area contributed by atoms with Gasteiger partial charge in [-0.15, -0.1) is 0 Å². The second-order valence-electron chi connectivity index (χ2n) is 3.44. The van der Waals surface area contributed by atoms with Gasteiger partial charge in [-0.3, -0.25) is 0 Å². The van der Waals surface area contributed by atoms with E-state index >= 15 is 0 Å². The van der Waals surface area contributed by atoms with Crippen molar-refractivity contribution in [2.75, 3.05) is 13.1 Å². The lowest BCUT2D eigenvalue weighted by molar-refractivity contribution is 0.0768. The molecule has 0 unspecified atom stereocenters. The Kier molecular flexibility index (Phi) is 3.61. The molecular weight excluding hydrogens is 226 g/mol. The largest absolute Gasteiger partial charge is 0.435 e. The van der Waals surface area contributed by atoms with Crippen molar-refractivity contribution in [2.24, 2.45) is 0 Å². The summed E-state index contributed by atoms with van der Waals surface area (Å²) in [4.78, 5) is 21.3. The van der Waals surface area contributed by atoms with Crippen molar-refractivity contribution < 1.29 is 9.53 Å². The Labute approximate surface area is 98.2 Å². The summed E-state index contributed by atoms with van der Waals surface area (Å²) < 4.78 is 5.23. The maximum atomic E-state index is 11.5. The summed E-state index contributed by atoms with van der Waals surface area (Å²) in [6, 6.07) is 1.75. The number of carbonyl (C=O) groups is 1. The summed E-state index contributed by atoms with van der Waals surface area (Å²) in [7, 11) is 0. The van der Waals surface area contributed by atoms with Gasteiger partial charge < -0.3 is 9.64 Å². The van der Waals surface area contributed by atoms with Gasteiger partial charge in [0, 0.05) is 25.5 Å². The number of amides is 1. The van der Waals surface area contributed by atoms with Crippen LogP contribution in [0.3, 0.4) is 0 Å². The maximum Gasteiger partial charge on any atom is 0.410 e. The van der Waals surface area contributed by atoms with Gasteiger partial charge in [-0.05, 0) is 31.2 Å². The molecular formula is C10H13N3O2S. The zero-order valence-electron chi connectivity index (χ0n) is 9.00. The molecule has 1 saturated heterocycles. The Bertz CT molecular complexity index is 356. The van der Waals surface area contributed by atoms with E-state index in [1.165, 1.54) is 11.8 Å². The number of aromatic nitrogens is 2. The predicted molar refractivity (Wildman–Crippen MR) is 60.0 cm³/mol. The van der Waals surface area contributed by atoms with Gasteiger partial charge in [0.2, 0.25) is 0 Å². The summed E-state index contributed by atoms with van der Waals surface area (Å²) in [5, 5.41) is 0.617. The first kappa shape index (κ1) is 11.2. The predicted octanol–water partition coefficient (Wildman–Crippen LogP) is 1.76. The van der Waals surface area contributed by atoms with Crippen LogP contribution in [0.4, 0.5) is 4.79 Å². The Morgan fingerprint density at radius 3 is 2.75 bits per heavy atom. The Hall–Kier alpha value is -1.30. The highest BCUT2D eigenvalue weighted by atomic mass is 32.2. The minimum atomic E-state index is -0.268. The number of hydrogen-bond donors (Lipinski definition) is 0. The molecule has 2 heterocycles. The Morgan fingerprint density at radius 2 is 2.19 bits per heavy atom. The minimum Gasteiger partial charge on any atom is -0.435 e. The lowest BCUT2D eigenvalue weighted by atomic mass is 10.2.